The van der Waals surface area contributed by atoms with Crippen LogP contribution in [0, 0.1) is 0 Å². The monoisotopic (exact) mass is 658 g/mol. The molecule has 0 bridgehead atoms. The quantitative estimate of drug-likeness (QED) is 0.0452. The van der Waals surface area contributed by atoms with Crippen LogP contribution in [-0.2, 0) is 19.2 Å². The molecule has 2 aromatic heterocycles. The van der Waals surface area contributed by atoms with Crippen LogP contribution in [-0.4, -0.2) is 77.5 Å². The number of nitrogen functional groups attached to an aromatic ring is 1. The summed E-state index contributed by atoms with van der Waals surface area (Å²) in [6.07, 6.45) is 0. The molecule has 42 heavy (non-hydrogen) atoms. The van der Waals surface area contributed by atoms with E-state index in [-0.39, 0.29) is 86.6 Å². The second-order valence-electron chi connectivity index (χ2n) is 8.47. The van der Waals surface area contributed by atoms with Crippen LogP contribution in [0.1, 0.15) is 12.7 Å². The Morgan fingerprint density at radius 3 is 2.69 bits per heavy atom. The van der Waals surface area contributed by atoms with Gasteiger partial charge in [0.15, 0.2) is 22.1 Å². The predicted octanol–water partition coefficient (Wildman–Crippen LogP) is -2.95. The summed E-state index contributed by atoms with van der Waals surface area (Å²) in [5.41, 5.74) is 5.07. The molecule has 2 atom stereocenters. The smallest absolute Gasteiger partial charge is 0.543 e. The molecule has 1 saturated heterocycles. The summed E-state index contributed by atoms with van der Waals surface area (Å²) in [5, 5.41) is 37.5. The number of aromatic nitrogens is 2. The van der Waals surface area contributed by atoms with E-state index in [2.05, 4.69) is 19.8 Å². The van der Waals surface area contributed by atoms with Crippen LogP contribution in [0.4, 0.5) is 5.13 Å². The van der Waals surface area contributed by atoms with Gasteiger partial charge in [0.05, 0.1) is 15.9 Å². The molecule has 14 nitrogen and oxygen atoms in total. The number of amides is 2. The summed E-state index contributed by atoms with van der Waals surface area (Å²) in [6, 6.07) is 2.78. The summed E-state index contributed by atoms with van der Waals surface area (Å²) < 4.78 is 4.95. The maximum absolute atomic E-state index is 13.1. The van der Waals surface area contributed by atoms with E-state index in [0.717, 1.165) is 16.4 Å². The number of carbonyl (C=O) groups is 3. The first-order chi connectivity index (χ1) is 19.6. The Bertz CT molecular complexity index is 1710. The minimum atomic E-state index is -1.54. The molecule has 1 fully saturated rings. The molecule has 0 aliphatic carbocycles. The first-order valence-electron chi connectivity index (χ1n) is 11.7. The van der Waals surface area contributed by atoms with Gasteiger partial charge in [-0.05, 0) is 18.6 Å². The molecule has 5 rings (SSSR count). The molecule has 2 aliphatic rings. The molecule has 0 unspecified atom stereocenters. The van der Waals surface area contributed by atoms with E-state index >= 15 is 0 Å². The van der Waals surface area contributed by atoms with E-state index in [1.807, 2.05) is 0 Å². The number of phenols is 2. The fourth-order valence-corrected chi connectivity index (χ4v) is 8.18. The van der Waals surface area contributed by atoms with Gasteiger partial charge in [0.1, 0.15) is 18.0 Å². The van der Waals surface area contributed by atoms with Crippen molar-refractivity contribution in [2.24, 2.45) is 5.16 Å². The molecular weight excluding hydrogens is 640 g/mol. The minimum Gasteiger partial charge on any atom is -0.543 e. The molecule has 0 spiro atoms. The van der Waals surface area contributed by atoms with Crippen molar-refractivity contribution < 1.29 is 64.1 Å². The Kier molecular flexibility index (Phi) is 10.1. The normalized spacial score (nSPS) is 18.3. The summed E-state index contributed by atoms with van der Waals surface area (Å²) in [4.78, 5) is 60.7. The largest absolute Gasteiger partial charge is 1.00 e. The molecular formula is C23H19N6NaO8S4. The first-order valence-corrected chi connectivity index (χ1v) is 15.3. The zero-order valence-corrected chi connectivity index (χ0v) is 27.1. The molecule has 1 aromatic carbocycles. The van der Waals surface area contributed by atoms with Gasteiger partial charge in [-0.25, -0.2) is 0 Å². The molecule has 3 aromatic rings. The van der Waals surface area contributed by atoms with Crippen molar-refractivity contribution in [1.29, 1.82) is 0 Å². The number of nitrogens with two attached hydrogens (primary N) is 1. The van der Waals surface area contributed by atoms with Gasteiger partial charge in [-0.3, -0.25) is 19.3 Å². The third-order valence-corrected chi connectivity index (χ3v) is 10.1. The molecule has 19 heteroatoms. The van der Waals surface area contributed by atoms with Crippen LogP contribution in [0.15, 0.2) is 43.6 Å². The van der Waals surface area contributed by atoms with Gasteiger partial charge in [-0.15, -0.1) is 34.9 Å². The summed E-state index contributed by atoms with van der Waals surface area (Å²) in [6.45, 7) is 1.82. The summed E-state index contributed by atoms with van der Waals surface area (Å²) in [7, 11) is 0. The SMILES string of the molecule is CCO/N=C(\C(=O)N[C@@H]1C(=O)N2C(C(=O)[O-])=C(CSc3cc(=O)c4cc(O)c(O)cc4s3)CS[C@@H]12)c1nsc(N)n1.[Na+]. The number of nitrogens with zero attached hydrogens (tertiary/aromatic N) is 4. The van der Waals surface area contributed by atoms with Crippen LogP contribution in [0.3, 0.4) is 0 Å². The van der Waals surface area contributed by atoms with E-state index in [1.165, 1.54) is 53.1 Å². The number of phenolic OH excluding ortho intramolecular Hbond substituents is 2. The number of benzene rings is 1. The number of β-lactam (4-membered cyclic amide) rings is 1. The maximum Gasteiger partial charge on any atom is 1.00 e. The van der Waals surface area contributed by atoms with Gasteiger partial charge in [0, 0.05) is 45.3 Å². The molecule has 214 valence electrons. The zero-order chi connectivity index (χ0) is 29.4. The van der Waals surface area contributed by atoms with Crippen LogP contribution < -0.4 is 51.1 Å². The van der Waals surface area contributed by atoms with Crippen LogP contribution in [0.25, 0.3) is 10.1 Å². The Morgan fingerprint density at radius 1 is 1.29 bits per heavy atom. The van der Waals surface area contributed by atoms with Gasteiger partial charge < -0.3 is 36.0 Å². The van der Waals surface area contributed by atoms with E-state index in [9.17, 15) is 34.5 Å². The average molecular weight is 659 g/mol. The number of aromatic hydroxyl groups is 2. The van der Waals surface area contributed by atoms with Crippen molar-refractivity contribution in [3.63, 3.8) is 0 Å². The number of rotatable bonds is 9. The second-order valence-corrected chi connectivity index (χ2v) is 12.7. The number of hydrogen-bond acceptors (Lipinski definition) is 16. The Balaban J connectivity index is 0.00000405. The molecule has 4 heterocycles. The number of hydrogen-bond donors (Lipinski definition) is 4. The minimum absolute atomic E-state index is 0. The fourth-order valence-electron chi connectivity index (χ4n) is 4.02. The standard InChI is InChI=1S/C23H20N6O8S4.Na/c1-2-37-27-15(18-26-23(24)41-28-18)19(33)25-16-20(34)29-17(22(35)36)8(7-39-21(16)29)6-38-14-5-10(30)9-3-11(31)12(32)4-13(9)40-14;/h3-5,16,21,31-32H,2,6-7H2,1H3,(H,25,33)(H,35,36)(H2,24,26,28);/q;+1/p-1/b27-15-;/t16-,21+;/m1./s1. The van der Waals surface area contributed by atoms with Crippen molar-refractivity contribution in [1.82, 2.24) is 19.6 Å². The summed E-state index contributed by atoms with van der Waals surface area (Å²) in [5.74, 6) is -3.47. The number of fused-ring (bicyclic) bond motifs is 2. The van der Waals surface area contributed by atoms with Gasteiger partial charge >= 0.3 is 29.6 Å². The van der Waals surface area contributed by atoms with Crippen molar-refractivity contribution in [2.45, 2.75) is 22.5 Å². The molecule has 0 radical (unpaired) electrons. The van der Waals surface area contributed by atoms with Gasteiger partial charge in [0.2, 0.25) is 11.5 Å². The number of carboxylic acid groups (broad SMARTS) is 1. The third kappa shape index (κ3) is 6.24. The molecule has 5 N–H and O–H groups in total. The number of thioether (sulfide) groups is 2. The number of carboxylic acids is 1. The zero-order valence-electron chi connectivity index (χ0n) is 21.9. The maximum atomic E-state index is 13.1. The predicted molar refractivity (Wildman–Crippen MR) is 152 cm³/mol. The summed E-state index contributed by atoms with van der Waals surface area (Å²) >= 11 is 4.49. The van der Waals surface area contributed by atoms with E-state index in [0.29, 0.717) is 14.5 Å². The van der Waals surface area contributed by atoms with Gasteiger partial charge in [-0.2, -0.15) is 9.36 Å². The number of nitrogens with one attached hydrogen (secondary N) is 1. The topological polar surface area (TPSA) is 220 Å². The second kappa shape index (κ2) is 13.2. The van der Waals surface area contributed by atoms with E-state index in [1.54, 1.807) is 6.92 Å². The number of aliphatic carboxylic acids is 1. The van der Waals surface area contributed by atoms with E-state index in [4.69, 9.17) is 10.6 Å². The van der Waals surface area contributed by atoms with Crippen molar-refractivity contribution in [2.75, 3.05) is 23.8 Å². The first kappa shape index (κ1) is 32.1. The van der Waals surface area contributed by atoms with Crippen molar-refractivity contribution in [3.05, 3.63) is 45.5 Å². The average Bonchev–Trinajstić information content (AvgIpc) is 3.36. The van der Waals surface area contributed by atoms with Gasteiger partial charge in [0.25, 0.3) is 11.8 Å². The van der Waals surface area contributed by atoms with Crippen LogP contribution in [0.2, 0.25) is 0 Å². The number of oxime groups is 1. The van der Waals surface area contributed by atoms with Crippen LogP contribution in [0.5, 0.6) is 11.5 Å². The van der Waals surface area contributed by atoms with Crippen molar-refractivity contribution >= 4 is 85.1 Å². The van der Waals surface area contributed by atoms with Crippen molar-refractivity contribution in [3.8, 4) is 11.5 Å². The Labute approximate surface area is 275 Å². The number of anilines is 1. The molecule has 2 aliphatic heterocycles. The molecule has 0 saturated carbocycles. The van der Waals surface area contributed by atoms with Crippen LogP contribution >= 0.6 is 46.4 Å². The van der Waals surface area contributed by atoms with E-state index < -0.39 is 34.9 Å². The third-order valence-electron chi connectivity index (χ3n) is 5.87. The van der Waals surface area contributed by atoms with Gasteiger partial charge in [-0.1, -0.05) is 5.16 Å². The Morgan fingerprint density at radius 2 is 2.02 bits per heavy atom. The fraction of sp³-hybridized carbons (Fsp3) is 0.261. The Hall–Kier alpha value is -2.87. The molecule has 2 amide bonds. The number of carbonyl (C=O) groups excluding carboxylic acids is 3.